The zero-order valence-electron chi connectivity index (χ0n) is 15.6. The van der Waals surface area contributed by atoms with Crippen LogP contribution in [0, 0.1) is 0 Å². The van der Waals surface area contributed by atoms with Gasteiger partial charge >= 0.3 is 0 Å². The van der Waals surface area contributed by atoms with Gasteiger partial charge in [-0.25, -0.2) is 18.3 Å². The number of nitrogens with zero attached hydrogens (tertiary/aromatic N) is 4. The maximum Gasteiger partial charge on any atom is 0.248 e. The van der Waals surface area contributed by atoms with Crippen molar-refractivity contribution in [2.75, 3.05) is 0 Å². The lowest BCUT2D eigenvalue weighted by atomic mass is 10.1. The van der Waals surface area contributed by atoms with E-state index in [9.17, 15) is 0 Å². The largest absolute Gasteiger partial charge is 0.248 e. The summed E-state index contributed by atoms with van der Waals surface area (Å²) in [5, 5.41) is 0. The van der Waals surface area contributed by atoms with Crippen LogP contribution in [0.5, 0.6) is 0 Å². The smallest absolute Gasteiger partial charge is 0.236 e. The average Bonchev–Trinajstić information content (AvgIpc) is 3.28. The Morgan fingerprint density at radius 2 is 0.960 bits per heavy atom. The molecule has 2 aromatic rings. The van der Waals surface area contributed by atoms with Gasteiger partial charge in [-0.3, -0.25) is 0 Å². The summed E-state index contributed by atoms with van der Waals surface area (Å²) in [5.74, 6) is 0. The first kappa shape index (κ1) is 19.2. The molecule has 0 bridgehead atoms. The minimum Gasteiger partial charge on any atom is -0.236 e. The first-order valence-electron chi connectivity index (χ1n) is 9.70. The lowest BCUT2D eigenvalue weighted by Crippen LogP contribution is -2.30. The molecule has 4 nitrogen and oxygen atoms in total. The minimum atomic E-state index is 1.12. The van der Waals surface area contributed by atoms with Crippen molar-refractivity contribution in [3.63, 3.8) is 0 Å². The fourth-order valence-electron chi connectivity index (χ4n) is 3.13. The van der Waals surface area contributed by atoms with E-state index < -0.39 is 0 Å². The highest BCUT2D eigenvalue weighted by Gasteiger charge is 2.01. The lowest BCUT2D eigenvalue weighted by molar-refractivity contribution is -0.696. The van der Waals surface area contributed by atoms with E-state index in [1.54, 1.807) is 0 Å². The van der Waals surface area contributed by atoms with E-state index >= 15 is 0 Å². The molecule has 2 aromatic heterocycles. The molecule has 0 saturated heterocycles. The highest BCUT2D eigenvalue weighted by Crippen LogP contribution is 2.09. The summed E-state index contributed by atoms with van der Waals surface area (Å²) >= 11 is 0. The van der Waals surface area contributed by atoms with Crippen molar-refractivity contribution >= 4 is 12.4 Å². The van der Waals surface area contributed by atoms with E-state index in [1.807, 2.05) is 33.9 Å². The summed E-state index contributed by atoms with van der Waals surface area (Å²) in [6, 6.07) is 0. The molecular weight excluding hydrogens is 308 g/mol. The van der Waals surface area contributed by atoms with Gasteiger partial charge < -0.3 is 0 Å². The Kier molecular flexibility index (Phi) is 8.81. The van der Waals surface area contributed by atoms with E-state index in [0.717, 1.165) is 13.1 Å². The van der Waals surface area contributed by atoms with Crippen molar-refractivity contribution in [3.05, 3.63) is 50.6 Å². The highest BCUT2D eigenvalue weighted by molar-refractivity contribution is 5.13. The molecule has 0 aliphatic carbocycles. The van der Waals surface area contributed by atoms with Crippen molar-refractivity contribution in [1.29, 1.82) is 0 Å². The van der Waals surface area contributed by atoms with Crippen LogP contribution in [0.1, 0.15) is 57.8 Å². The molecule has 0 unspecified atom stereocenters. The summed E-state index contributed by atoms with van der Waals surface area (Å²) in [5.41, 5.74) is 0. The van der Waals surface area contributed by atoms with Gasteiger partial charge in [0.05, 0.1) is 25.5 Å². The number of aromatic nitrogens is 4. The Morgan fingerprint density at radius 1 is 0.600 bits per heavy atom. The highest BCUT2D eigenvalue weighted by atomic mass is 15.1. The molecule has 0 spiro atoms. The molecule has 136 valence electrons. The third kappa shape index (κ3) is 7.55. The van der Waals surface area contributed by atoms with Gasteiger partial charge in [0.25, 0.3) is 0 Å². The van der Waals surface area contributed by atoms with E-state index in [2.05, 4.69) is 47.3 Å². The third-order valence-electron chi connectivity index (χ3n) is 4.68. The normalized spacial score (nSPS) is 10.9. The number of aryl methyl sites for hydroxylation is 2. The van der Waals surface area contributed by atoms with Gasteiger partial charge in [0.2, 0.25) is 12.7 Å². The molecule has 0 radical (unpaired) electrons. The second-order valence-electron chi connectivity index (χ2n) is 6.74. The Bertz CT molecular complexity index is 569. The Morgan fingerprint density at radius 3 is 1.28 bits per heavy atom. The quantitative estimate of drug-likeness (QED) is 0.360. The van der Waals surface area contributed by atoms with E-state index in [4.69, 9.17) is 0 Å². The summed E-state index contributed by atoms with van der Waals surface area (Å²) in [4.78, 5) is 0. The standard InChI is InChI=1S/C21H34N4/c1-3-22-16-18-24(20-22)14-12-10-8-6-5-7-9-11-13-15-25-19-17-23(4-2)21-25/h3-4,16-21H,1-2,5-15H2/q+2. The van der Waals surface area contributed by atoms with Crippen LogP contribution in [-0.2, 0) is 13.1 Å². The maximum atomic E-state index is 3.76. The van der Waals surface area contributed by atoms with Gasteiger partial charge in [-0.2, -0.15) is 0 Å². The Labute approximate surface area is 152 Å². The van der Waals surface area contributed by atoms with Crippen molar-refractivity contribution in [2.24, 2.45) is 0 Å². The molecular formula is C21H34N4+2. The molecule has 0 N–H and O–H groups in total. The molecule has 0 saturated carbocycles. The Balaban J connectivity index is 1.37. The molecule has 25 heavy (non-hydrogen) atoms. The molecule has 2 heterocycles. The fourth-order valence-corrected chi connectivity index (χ4v) is 3.13. The SMILES string of the molecule is C=Cn1cc[n+](CCCCCCCCCCC[n+]2ccn(C=C)c2)c1. The lowest BCUT2D eigenvalue weighted by Gasteiger charge is -2.02. The topological polar surface area (TPSA) is 17.6 Å². The van der Waals surface area contributed by atoms with Gasteiger partial charge in [0, 0.05) is 0 Å². The number of rotatable bonds is 14. The monoisotopic (exact) mass is 342 g/mol. The van der Waals surface area contributed by atoms with Crippen LogP contribution in [0.15, 0.2) is 50.6 Å². The molecule has 0 aliphatic rings. The second kappa shape index (κ2) is 11.5. The molecule has 0 aliphatic heterocycles. The van der Waals surface area contributed by atoms with Crippen LogP contribution in [0.4, 0.5) is 0 Å². The van der Waals surface area contributed by atoms with E-state index in [1.165, 1.54) is 57.8 Å². The zero-order chi connectivity index (χ0) is 17.7. The predicted molar refractivity (Wildman–Crippen MR) is 104 cm³/mol. The Hall–Kier alpha value is -2.10. The molecule has 0 aromatic carbocycles. The second-order valence-corrected chi connectivity index (χ2v) is 6.74. The van der Waals surface area contributed by atoms with Crippen molar-refractivity contribution in [2.45, 2.75) is 70.9 Å². The summed E-state index contributed by atoms with van der Waals surface area (Å²) < 4.78 is 8.47. The van der Waals surface area contributed by atoms with Crippen LogP contribution in [0.2, 0.25) is 0 Å². The molecule has 0 amide bonds. The number of hydrogen-bond acceptors (Lipinski definition) is 0. The van der Waals surface area contributed by atoms with Crippen LogP contribution in [-0.4, -0.2) is 9.13 Å². The summed E-state index contributed by atoms with van der Waals surface area (Å²) in [6.07, 6.45) is 28.3. The fraction of sp³-hybridized carbons (Fsp3) is 0.524. The van der Waals surface area contributed by atoms with Gasteiger partial charge in [0.15, 0.2) is 0 Å². The minimum absolute atomic E-state index is 1.12. The van der Waals surface area contributed by atoms with Gasteiger partial charge in [-0.05, 0) is 25.7 Å². The molecule has 4 heteroatoms. The molecule has 2 rings (SSSR count). The average molecular weight is 343 g/mol. The van der Waals surface area contributed by atoms with E-state index in [-0.39, 0.29) is 0 Å². The van der Waals surface area contributed by atoms with Gasteiger partial charge in [0.1, 0.15) is 24.8 Å². The summed E-state index contributed by atoms with van der Waals surface area (Å²) in [7, 11) is 0. The number of imidazole rings is 2. The number of hydrogen-bond donors (Lipinski definition) is 0. The zero-order valence-corrected chi connectivity index (χ0v) is 15.6. The van der Waals surface area contributed by atoms with Gasteiger partial charge in [-0.15, -0.1) is 0 Å². The van der Waals surface area contributed by atoms with Crippen LogP contribution < -0.4 is 9.13 Å². The number of unbranched alkanes of at least 4 members (excludes halogenated alkanes) is 8. The van der Waals surface area contributed by atoms with Crippen molar-refractivity contribution < 1.29 is 9.13 Å². The van der Waals surface area contributed by atoms with Crippen LogP contribution in [0.3, 0.4) is 0 Å². The predicted octanol–water partition coefficient (Wildman–Crippen LogP) is 4.28. The third-order valence-corrected chi connectivity index (χ3v) is 4.68. The first-order chi connectivity index (χ1) is 12.3. The van der Waals surface area contributed by atoms with Crippen LogP contribution in [0.25, 0.3) is 12.4 Å². The maximum absolute atomic E-state index is 3.76. The summed E-state index contributed by atoms with van der Waals surface area (Å²) in [6.45, 7) is 9.76. The van der Waals surface area contributed by atoms with Crippen molar-refractivity contribution in [3.8, 4) is 0 Å². The van der Waals surface area contributed by atoms with Gasteiger partial charge in [-0.1, -0.05) is 45.3 Å². The van der Waals surface area contributed by atoms with E-state index in [0.29, 0.717) is 0 Å². The van der Waals surface area contributed by atoms with Crippen LogP contribution >= 0.6 is 0 Å². The van der Waals surface area contributed by atoms with Crippen molar-refractivity contribution in [1.82, 2.24) is 9.13 Å². The molecule has 0 fully saturated rings. The first-order valence-corrected chi connectivity index (χ1v) is 9.70. The molecule has 0 atom stereocenters.